The van der Waals surface area contributed by atoms with Crippen molar-refractivity contribution in [1.29, 1.82) is 0 Å². The van der Waals surface area contributed by atoms with E-state index in [9.17, 15) is 14.7 Å². The maximum atomic E-state index is 12.0. The van der Waals surface area contributed by atoms with Crippen molar-refractivity contribution >= 4 is 18.0 Å². The number of aromatic carboxylic acids is 1. The summed E-state index contributed by atoms with van der Waals surface area (Å²) in [6.07, 6.45) is 2.97. The molecular weight excluding hydrogens is 360 g/mol. The van der Waals surface area contributed by atoms with E-state index in [0.29, 0.717) is 36.9 Å². The molecule has 1 N–H and O–H groups in total. The third-order valence-corrected chi connectivity index (χ3v) is 4.08. The van der Waals surface area contributed by atoms with E-state index in [1.54, 1.807) is 7.05 Å². The first kappa shape index (κ1) is 23.7. The number of hydrogen-bond donors (Lipinski definition) is 1. The van der Waals surface area contributed by atoms with Gasteiger partial charge in [-0.1, -0.05) is 13.8 Å². The monoisotopic (exact) mass is 394 g/mol. The lowest BCUT2D eigenvalue weighted by molar-refractivity contribution is 0.0296. The molecule has 0 aliphatic rings. The molecule has 8 nitrogen and oxygen atoms in total. The number of carboxylic acids is 1. The number of carboxylic acid groups (broad SMARTS) is 1. The molecule has 1 amide bonds. The van der Waals surface area contributed by atoms with Gasteiger partial charge in [-0.05, 0) is 46.0 Å². The van der Waals surface area contributed by atoms with Crippen molar-refractivity contribution in [2.24, 2.45) is 5.92 Å². The SMILES string of the molecule is CC(C)CCN(C)c1ncc(C(=O)O)c(CCCN(C)C(=O)OC(C)(C)C)n1. The molecule has 0 radical (unpaired) electrons. The summed E-state index contributed by atoms with van der Waals surface area (Å²) in [7, 11) is 3.56. The summed E-state index contributed by atoms with van der Waals surface area (Å²) in [4.78, 5) is 35.6. The van der Waals surface area contributed by atoms with E-state index >= 15 is 0 Å². The first-order valence-electron chi connectivity index (χ1n) is 9.65. The second kappa shape index (κ2) is 10.2. The lowest BCUT2D eigenvalue weighted by atomic mass is 10.1. The van der Waals surface area contributed by atoms with Gasteiger partial charge in [0.05, 0.1) is 11.3 Å². The molecule has 0 bridgehead atoms. The Kier molecular flexibility index (Phi) is 8.65. The number of aryl methyl sites for hydroxylation is 1. The number of anilines is 1. The Morgan fingerprint density at radius 2 is 1.86 bits per heavy atom. The van der Waals surface area contributed by atoms with Crippen molar-refractivity contribution in [3.8, 4) is 0 Å². The number of aromatic nitrogens is 2. The average molecular weight is 395 g/mol. The van der Waals surface area contributed by atoms with Crippen LogP contribution in [0.2, 0.25) is 0 Å². The van der Waals surface area contributed by atoms with E-state index in [0.717, 1.165) is 13.0 Å². The Hall–Kier alpha value is -2.38. The Morgan fingerprint density at radius 3 is 2.39 bits per heavy atom. The van der Waals surface area contributed by atoms with Crippen LogP contribution in [0.4, 0.5) is 10.7 Å². The third-order valence-electron chi connectivity index (χ3n) is 4.08. The van der Waals surface area contributed by atoms with Crippen LogP contribution in [0.25, 0.3) is 0 Å². The van der Waals surface area contributed by atoms with Crippen molar-refractivity contribution in [3.63, 3.8) is 0 Å². The highest BCUT2D eigenvalue weighted by atomic mass is 16.6. The van der Waals surface area contributed by atoms with Crippen LogP contribution in [-0.4, -0.2) is 64.8 Å². The minimum Gasteiger partial charge on any atom is -0.478 e. The molecule has 28 heavy (non-hydrogen) atoms. The molecule has 0 aliphatic heterocycles. The van der Waals surface area contributed by atoms with Gasteiger partial charge in [0.25, 0.3) is 0 Å². The normalized spacial score (nSPS) is 11.4. The summed E-state index contributed by atoms with van der Waals surface area (Å²) in [5.74, 6) is 0.0247. The van der Waals surface area contributed by atoms with E-state index < -0.39 is 17.7 Å². The van der Waals surface area contributed by atoms with Gasteiger partial charge in [0.15, 0.2) is 0 Å². The van der Waals surface area contributed by atoms with E-state index in [2.05, 4.69) is 23.8 Å². The van der Waals surface area contributed by atoms with Crippen molar-refractivity contribution < 1.29 is 19.4 Å². The quantitative estimate of drug-likeness (QED) is 0.685. The summed E-state index contributed by atoms with van der Waals surface area (Å²) in [6, 6.07) is 0. The van der Waals surface area contributed by atoms with Gasteiger partial charge in [-0.25, -0.2) is 19.6 Å². The summed E-state index contributed by atoms with van der Waals surface area (Å²) in [5.41, 5.74) is 0.0247. The Bertz CT molecular complexity index is 671. The van der Waals surface area contributed by atoms with Gasteiger partial charge < -0.3 is 19.6 Å². The minimum absolute atomic E-state index is 0.0981. The molecule has 0 atom stereocenters. The first-order chi connectivity index (χ1) is 12.9. The van der Waals surface area contributed by atoms with Gasteiger partial charge in [-0.2, -0.15) is 0 Å². The fraction of sp³-hybridized carbons (Fsp3) is 0.700. The van der Waals surface area contributed by atoms with Crippen molar-refractivity contribution in [3.05, 3.63) is 17.5 Å². The molecule has 1 rings (SSSR count). The zero-order chi connectivity index (χ0) is 21.5. The molecule has 8 heteroatoms. The molecule has 0 aromatic carbocycles. The second-order valence-corrected chi connectivity index (χ2v) is 8.45. The highest BCUT2D eigenvalue weighted by molar-refractivity contribution is 5.88. The molecule has 158 valence electrons. The largest absolute Gasteiger partial charge is 0.478 e. The summed E-state index contributed by atoms with van der Waals surface area (Å²) in [5, 5.41) is 9.42. The summed E-state index contributed by atoms with van der Waals surface area (Å²) < 4.78 is 5.32. The molecular formula is C20H34N4O4. The maximum absolute atomic E-state index is 12.0. The molecule has 1 aromatic rings. The van der Waals surface area contributed by atoms with E-state index in [4.69, 9.17) is 4.74 Å². The van der Waals surface area contributed by atoms with E-state index in [1.165, 1.54) is 11.1 Å². The van der Waals surface area contributed by atoms with Crippen LogP contribution in [-0.2, 0) is 11.2 Å². The standard InChI is InChI=1S/C20H34N4O4/c1-14(2)10-12-23(6)18-21-13-15(17(25)26)16(22-18)9-8-11-24(7)19(27)28-20(3,4)5/h13-14H,8-12H2,1-7H3,(H,25,26). The number of nitrogens with zero attached hydrogens (tertiary/aromatic N) is 4. The van der Waals surface area contributed by atoms with Crippen LogP contribution in [0.1, 0.15) is 63.5 Å². The summed E-state index contributed by atoms with van der Waals surface area (Å²) >= 11 is 0. The molecule has 0 saturated heterocycles. The number of carbonyl (C=O) groups is 2. The van der Waals surface area contributed by atoms with Crippen LogP contribution in [0.15, 0.2) is 6.20 Å². The van der Waals surface area contributed by atoms with Crippen LogP contribution in [0.5, 0.6) is 0 Å². The molecule has 1 heterocycles. The number of rotatable bonds is 9. The van der Waals surface area contributed by atoms with Gasteiger partial charge in [0, 0.05) is 33.4 Å². The molecule has 0 saturated carbocycles. The molecule has 0 spiro atoms. The zero-order valence-corrected chi connectivity index (χ0v) is 18.2. The maximum Gasteiger partial charge on any atom is 0.410 e. The minimum atomic E-state index is -1.05. The fourth-order valence-electron chi connectivity index (χ4n) is 2.43. The van der Waals surface area contributed by atoms with Gasteiger partial charge in [0.2, 0.25) is 5.95 Å². The van der Waals surface area contributed by atoms with Crippen LogP contribution in [0.3, 0.4) is 0 Å². The van der Waals surface area contributed by atoms with Crippen molar-refractivity contribution in [2.45, 2.75) is 59.5 Å². The van der Waals surface area contributed by atoms with Crippen LogP contribution < -0.4 is 4.90 Å². The smallest absolute Gasteiger partial charge is 0.410 e. The second-order valence-electron chi connectivity index (χ2n) is 8.45. The van der Waals surface area contributed by atoms with E-state index in [1.807, 2.05) is 32.7 Å². The molecule has 1 aromatic heterocycles. The molecule has 0 unspecified atom stereocenters. The third kappa shape index (κ3) is 8.10. The van der Waals surface area contributed by atoms with Crippen LogP contribution in [0, 0.1) is 5.92 Å². The Morgan fingerprint density at radius 1 is 1.21 bits per heavy atom. The zero-order valence-electron chi connectivity index (χ0n) is 18.2. The fourth-order valence-corrected chi connectivity index (χ4v) is 2.43. The molecule has 0 fully saturated rings. The Balaban J connectivity index is 2.78. The number of hydrogen-bond acceptors (Lipinski definition) is 6. The van der Waals surface area contributed by atoms with Gasteiger partial charge in [-0.15, -0.1) is 0 Å². The highest BCUT2D eigenvalue weighted by Crippen LogP contribution is 2.15. The number of ether oxygens (including phenoxy) is 1. The predicted molar refractivity (Wildman–Crippen MR) is 109 cm³/mol. The van der Waals surface area contributed by atoms with E-state index in [-0.39, 0.29) is 5.56 Å². The predicted octanol–water partition coefficient (Wildman–Crippen LogP) is 3.46. The van der Waals surface area contributed by atoms with Gasteiger partial charge >= 0.3 is 12.1 Å². The van der Waals surface area contributed by atoms with Crippen molar-refractivity contribution in [1.82, 2.24) is 14.9 Å². The lowest BCUT2D eigenvalue weighted by Crippen LogP contribution is -2.34. The highest BCUT2D eigenvalue weighted by Gasteiger charge is 2.20. The Labute approximate surface area is 167 Å². The topological polar surface area (TPSA) is 95.9 Å². The van der Waals surface area contributed by atoms with Gasteiger partial charge in [0.1, 0.15) is 5.60 Å². The summed E-state index contributed by atoms with van der Waals surface area (Å²) in [6.45, 7) is 11.0. The van der Waals surface area contributed by atoms with Gasteiger partial charge in [-0.3, -0.25) is 0 Å². The number of amides is 1. The lowest BCUT2D eigenvalue weighted by Gasteiger charge is -2.24. The molecule has 0 aliphatic carbocycles. The average Bonchev–Trinajstić information content (AvgIpc) is 2.57. The first-order valence-corrected chi connectivity index (χ1v) is 9.65. The van der Waals surface area contributed by atoms with Crippen molar-refractivity contribution in [2.75, 3.05) is 32.1 Å². The number of carbonyl (C=O) groups excluding carboxylic acids is 1. The van der Waals surface area contributed by atoms with Crippen LogP contribution >= 0.6 is 0 Å².